The highest BCUT2D eigenvalue weighted by molar-refractivity contribution is 5.00. The lowest BCUT2D eigenvalue weighted by molar-refractivity contribution is -0.189. The highest BCUT2D eigenvalue weighted by atomic mass is 19.4. The first kappa shape index (κ1) is 16.6. The molecular formula is C15H23F3N2O. The van der Waals surface area contributed by atoms with Gasteiger partial charge in [0.1, 0.15) is 0 Å². The second kappa shape index (κ2) is 6.97. The molecule has 0 aromatic rings. The molecule has 0 aromatic carbocycles. The van der Waals surface area contributed by atoms with Crippen molar-refractivity contribution in [3.8, 4) is 0 Å². The second-order valence-corrected chi connectivity index (χ2v) is 6.26. The Morgan fingerprint density at radius 1 is 1.29 bits per heavy atom. The maximum absolute atomic E-state index is 12.8. The van der Waals surface area contributed by atoms with Crippen molar-refractivity contribution in [1.29, 1.82) is 0 Å². The summed E-state index contributed by atoms with van der Waals surface area (Å²) in [6, 6.07) is 0. The van der Waals surface area contributed by atoms with Crippen molar-refractivity contribution in [1.82, 2.24) is 5.32 Å². The fraction of sp³-hybridized carbons (Fsp3) is 0.933. The van der Waals surface area contributed by atoms with E-state index in [2.05, 4.69) is 10.2 Å². The standard InChI is InChI=1S/C15H23F3N2O/c1-19-13(2-6-14(7-8-14)15(16,17)18)20-9-3-12-4-10-21-11-5-12/h12-13,20H,2-11H2. The van der Waals surface area contributed by atoms with Crippen molar-refractivity contribution < 1.29 is 17.9 Å². The predicted molar refractivity (Wildman–Crippen MR) is 73.5 cm³/mol. The molecule has 21 heavy (non-hydrogen) atoms. The molecule has 2 aliphatic rings. The highest BCUT2D eigenvalue weighted by Crippen LogP contribution is 2.60. The van der Waals surface area contributed by atoms with Crippen LogP contribution in [0.1, 0.15) is 44.9 Å². The van der Waals surface area contributed by atoms with Gasteiger partial charge in [0, 0.05) is 26.2 Å². The van der Waals surface area contributed by atoms with Gasteiger partial charge in [0.25, 0.3) is 6.17 Å². The summed E-state index contributed by atoms with van der Waals surface area (Å²) >= 11 is 0. The number of rotatable bonds is 7. The third-order valence-corrected chi connectivity index (χ3v) is 4.78. The Morgan fingerprint density at radius 3 is 2.48 bits per heavy atom. The van der Waals surface area contributed by atoms with Crippen molar-refractivity contribution >= 4 is 0 Å². The van der Waals surface area contributed by atoms with Crippen LogP contribution in [0.5, 0.6) is 0 Å². The zero-order chi connectivity index (χ0) is 15.3. The average Bonchev–Trinajstić information content (AvgIpc) is 3.24. The molecule has 1 heterocycles. The highest BCUT2D eigenvalue weighted by Gasteiger charge is 2.62. The molecule has 0 radical (unpaired) electrons. The van der Waals surface area contributed by atoms with E-state index in [1.54, 1.807) is 0 Å². The molecule has 3 nitrogen and oxygen atoms in total. The van der Waals surface area contributed by atoms with E-state index in [1.165, 1.54) is 0 Å². The molecule has 0 amide bonds. The molecule has 1 unspecified atom stereocenters. The van der Waals surface area contributed by atoms with Crippen molar-refractivity contribution in [2.45, 2.75) is 57.3 Å². The fourth-order valence-corrected chi connectivity index (χ4v) is 2.94. The van der Waals surface area contributed by atoms with Crippen molar-refractivity contribution in [3.63, 3.8) is 0 Å². The van der Waals surface area contributed by atoms with Gasteiger partial charge in [-0.15, -0.1) is 0 Å². The Hall–Kier alpha value is -0.800. The first-order valence-electron chi connectivity index (χ1n) is 7.71. The van der Waals surface area contributed by atoms with Crippen LogP contribution in [-0.2, 0) is 4.74 Å². The van der Waals surface area contributed by atoms with Crippen molar-refractivity contribution in [2.75, 3.05) is 19.8 Å². The lowest BCUT2D eigenvalue weighted by atomic mass is 9.96. The predicted octanol–water partition coefficient (Wildman–Crippen LogP) is 3.76. The van der Waals surface area contributed by atoms with Gasteiger partial charge in [0.2, 0.25) is 0 Å². The lowest BCUT2D eigenvalue weighted by Crippen LogP contribution is -2.32. The molecule has 0 spiro atoms. The normalized spacial score (nSPS) is 23.5. The summed E-state index contributed by atoms with van der Waals surface area (Å²) in [6.07, 6.45) is -0.716. The number of hydrogen-bond donors (Lipinski definition) is 1. The van der Waals surface area contributed by atoms with Crippen LogP contribution in [-0.4, -0.2) is 32.1 Å². The van der Waals surface area contributed by atoms with Crippen molar-refractivity contribution in [2.24, 2.45) is 11.3 Å². The van der Waals surface area contributed by atoms with E-state index in [4.69, 9.17) is 11.3 Å². The summed E-state index contributed by atoms with van der Waals surface area (Å²) in [5.74, 6) is 0.614. The summed E-state index contributed by atoms with van der Waals surface area (Å²) in [5, 5.41) is 3.11. The van der Waals surface area contributed by atoms with Crippen LogP contribution in [0.2, 0.25) is 0 Å². The summed E-state index contributed by atoms with van der Waals surface area (Å²) in [4.78, 5) is 3.43. The molecule has 1 atom stereocenters. The minimum absolute atomic E-state index is 0.0772. The van der Waals surface area contributed by atoms with Gasteiger partial charge in [-0.3, -0.25) is 4.85 Å². The maximum Gasteiger partial charge on any atom is 0.394 e. The van der Waals surface area contributed by atoms with Gasteiger partial charge in [0.05, 0.1) is 5.41 Å². The number of ether oxygens (including phenoxy) is 1. The van der Waals surface area contributed by atoms with Gasteiger partial charge in [-0.25, -0.2) is 11.9 Å². The van der Waals surface area contributed by atoms with E-state index in [1.807, 2.05) is 0 Å². The molecule has 0 aromatic heterocycles. The Labute approximate surface area is 124 Å². The second-order valence-electron chi connectivity index (χ2n) is 6.26. The number of nitrogens with zero attached hydrogens (tertiary/aromatic N) is 1. The number of nitrogens with one attached hydrogen (secondary N) is 1. The minimum Gasteiger partial charge on any atom is -0.381 e. The molecule has 2 rings (SSSR count). The Bertz CT molecular complexity index is 368. The quantitative estimate of drug-likeness (QED) is 0.725. The fourth-order valence-electron chi connectivity index (χ4n) is 2.94. The molecule has 1 N–H and O–H groups in total. The zero-order valence-electron chi connectivity index (χ0n) is 12.2. The van der Waals surface area contributed by atoms with Gasteiger partial charge < -0.3 is 4.74 Å². The lowest BCUT2D eigenvalue weighted by Gasteiger charge is -2.22. The Balaban J connectivity index is 1.65. The number of hydrogen-bond acceptors (Lipinski definition) is 2. The van der Waals surface area contributed by atoms with Gasteiger partial charge in [-0.2, -0.15) is 13.2 Å². The summed E-state index contributed by atoms with van der Waals surface area (Å²) in [7, 11) is 0. The SMILES string of the molecule is [C-]#[N+]C(CCC1(C(F)(F)F)CC1)NCCC1CCOCC1. The van der Waals surface area contributed by atoms with Gasteiger partial charge in [-0.1, -0.05) is 0 Å². The summed E-state index contributed by atoms with van der Waals surface area (Å²) in [5.41, 5.74) is -1.49. The largest absolute Gasteiger partial charge is 0.394 e. The molecule has 120 valence electrons. The molecule has 1 aliphatic carbocycles. The molecule has 1 aliphatic heterocycles. The van der Waals surface area contributed by atoms with Gasteiger partial charge in [0.15, 0.2) is 0 Å². The van der Waals surface area contributed by atoms with E-state index >= 15 is 0 Å². The summed E-state index contributed by atoms with van der Waals surface area (Å²) in [6.45, 7) is 9.43. The van der Waals surface area contributed by atoms with E-state index in [0.717, 1.165) is 32.5 Å². The zero-order valence-corrected chi connectivity index (χ0v) is 12.2. The van der Waals surface area contributed by atoms with Crippen molar-refractivity contribution in [3.05, 3.63) is 11.4 Å². The van der Waals surface area contributed by atoms with Gasteiger partial charge in [-0.05, 0) is 44.4 Å². The van der Waals surface area contributed by atoms with E-state index < -0.39 is 17.8 Å². The summed E-state index contributed by atoms with van der Waals surface area (Å²) < 4.78 is 43.8. The smallest absolute Gasteiger partial charge is 0.381 e. The minimum atomic E-state index is -4.11. The Kier molecular flexibility index (Phi) is 5.50. The number of alkyl halides is 3. The van der Waals surface area contributed by atoms with Crippen LogP contribution >= 0.6 is 0 Å². The molecule has 2 fully saturated rings. The van der Waals surface area contributed by atoms with Crippen LogP contribution < -0.4 is 5.32 Å². The first-order valence-corrected chi connectivity index (χ1v) is 7.71. The van der Waals surface area contributed by atoms with Crippen LogP contribution in [0.4, 0.5) is 13.2 Å². The van der Waals surface area contributed by atoms with Gasteiger partial charge >= 0.3 is 6.18 Å². The Morgan fingerprint density at radius 2 is 1.95 bits per heavy atom. The van der Waals surface area contributed by atoms with E-state index in [9.17, 15) is 13.2 Å². The van der Waals surface area contributed by atoms with E-state index in [-0.39, 0.29) is 25.7 Å². The molecule has 1 saturated heterocycles. The number of halogens is 3. The molecule has 0 bridgehead atoms. The van der Waals surface area contributed by atoms with Crippen LogP contribution in [0.25, 0.3) is 4.85 Å². The molecular weight excluding hydrogens is 281 g/mol. The molecule has 6 heteroatoms. The van der Waals surface area contributed by atoms with E-state index in [0.29, 0.717) is 12.5 Å². The third-order valence-electron chi connectivity index (χ3n) is 4.78. The van der Waals surface area contributed by atoms with Crippen LogP contribution in [0.3, 0.4) is 0 Å². The third kappa shape index (κ3) is 4.58. The monoisotopic (exact) mass is 304 g/mol. The maximum atomic E-state index is 12.8. The average molecular weight is 304 g/mol. The topological polar surface area (TPSA) is 25.6 Å². The van der Waals surface area contributed by atoms with Crippen LogP contribution in [0, 0.1) is 17.9 Å². The van der Waals surface area contributed by atoms with Crippen LogP contribution in [0.15, 0.2) is 0 Å². The molecule has 1 saturated carbocycles. The first-order chi connectivity index (χ1) is 9.97.